The number of rotatable bonds is 7. The van der Waals surface area contributed by atoms with Gasteiger partial charge in [0.25, 0.3) is 5.91 Å². The van der Waals surface area contributed by atoms with E-state index in [4.69, 9.17) is 0 Å². The van der Waals surface area contributed by atoms with E-state index in [1.54, 1.807) is 6.07 Å². The molecular formula is C20H25N3O2. The first-order chi connectivity index (χ1) is 12.0. The van der Waals surface area contributed by atoms with Gasteiger partial charge in [-0.1, -0.05) is 36.4 Å². The summed E-state index contributed by atoms with van der Waals surface area (Å²) in [6, 6.07) is 15.3. The molecule has 0 radical (unpaired) electrons. The molecule has 0 aliphatic heterocycles. The zero-order valence-electron chi connectivity index (χ0n) is 15.0. The van der Waals surface area contributed by atoms with Crippen LogP contribution in [0, 0.1) is 6.92 Å². The summed E-state index contributed by atoms with van der Waals surface area (Å²) >= 11 is 0. The number of amides is 2. The maximum absolute atomic E-state index is 12.1. The van der Waals surface area contributed by atoms with Gasteiger partial charge in [0.15, 0.2) is 0 Å². The van der Waals surface area contributed by atoms with Crippen molar-refractivity contribution in [1.29, 1.82) is 0 Å². The lowest BCUT2D eigenvalue weighted by Gasteiger charge is -2.20. The lowest BCUT2D eigenvalue weighted by atomic mass is 10.1. The van der Waals surface area contributed by atoms with Gasteiger partial charge in [-0.2, -0.15) is 0 Å². The molecule has 25 heavy (non-hydrogen) atoms. The Labute approximate surface area is 149 Å². The highest BCUT2D eigenvalue weighted by atomic mass is 16.2. The van der Waals surface area contributed by atoms with Gasteiger partial charge in [-0.25, -0.2) is 0 Å². The smallest absolute Gasteiger partial charge is 0.251 e. The fourth-order valence-electron chi connectivity index (χ4n) is 2.54. The number of hydrogen-bond acceptors (Lipinski definition) is 3. The Balaban J connectivity index is 1.88. The number of carbonyl (C=O) groups excluding carboxylic acids is 2. The Morgan fingerprint density at radius 2 is 1.68 bits per heavy atom. The van der Waals surface area contributed by atoms with Crippen molar-refractivity contribution in [3.8, 4) is 0 Å². The maximum Gasteiger partial charge on any atom is 0.251 e. The zero-order valence-corrected chi connectivity index (χ0v) is 15.0. The van der Waals surface area contributed by atoms with Crippen molar-refractivity contribution in [2.75, 3.05) is 25.0 Å². The number of nitrogens with zero attached hydrogens (tertiary/aromatic N) is 1. The second-order valence-electron chi connectivity index (χ2n) is 5.92. The zero-order chi connectivity index (χ0) is 18.2. The van der Waals surface area contributed by atoms with Crippen molar-refractivity contribution in [2.24, 2.45) is 0 Å². The Bertz CT molecular complexity index is 743. The van der Waals surface area contributed by atoms with E-state index in [1.165, 1.54) is 0 Å². The molecule has 2 aromatic rings. The Morgan fingerprint density at radius 1 is 1.00 bits per heavy atom. The fourth-order valence-corrected chi connectivity index (χ4v) is 2.54. The summed E-state index contributed by atoms with van der Waals surface area (Å²) in [6.45, 7) is 5.22. The van der Waals surface area contributed by atoms with Crippen molar-refractivity contribution in [1.82, 2.24) is 10.6 Å². The van der Waals surface area contributed by atoms with Crippen LogP contribution in [-0.2, 0) is 11.3 Å². The molecule has 0 heterocycles. The van der Waals surface area contributed by atoms with E-state index in [0.717, 1.165) is 23.4 Å². The van der Waals surface area contributed by atoms with Crippen LogP contribution in [0.15, 0.2) is 48.5 Å². The summed E-state index contributed by atoms with van der Waals surface area (Å²) in [4.78, 5) is 26.3. The minimum atomic E-state index is -0.237. The third-order valence-electron chi connectivity index (χ3n) is 4.15. The van der Waals surface area contributed by atoms with E-state index in [1.807, 2.05) is 56.4 Å². The lowest BCUT2D eigenvalue weighted by molar-refractivity contribution is -0.120. The molecular weight excluding hydrogens is 314 g/mol. The third kappa shape index (κ3) is 5.08. The second kappa shape index (κ2) is 8.87. The number of para-hydroxylation sites is 1. The Hall–Kier alpha value is -2.82. The minimum absolute atomic E-state index is 0.0427. The normalized spacial score (nSPS) is 10.2. The number of anilines is 1. The number of aryl methyl sites for hydroxylation is 1. The second-order valence-corrected chi connectivity index (χ2v) is 5.92. The minimum Gasteiger partial charge on any atom is -0.375 e. The van der Waals surface area contributed by atoms with Gasteiger partial charge in [-0.3, -0.25) is 9.59 Å². The molecule has 2 aromatic carbocycles. The predicted octanol–water partition coefficient (Wildman–Crippen LogP) is 2.50. The number of nitrogens with one attached hydrogen (secondary N) is 2. The topological polar surface area (TPSA) is 61.4 Å². The summed E-state index contributed by atoms with van der Waals surface area (Å²) in [5, 5.41) is 5.52. The number of carbonyl (C=O) groups is 2. The van der Waals surface area contributed by atoms with Gasteiger partial charge in [0.05, 0.1) is 6.54 Å². The van der Waals surface area contributed by atoms with Gasteiger partial charge < -0.3 is 15.5 Å². The molecule has 0 fully saturated rings. The van der Waals surface area contributed by atoms with Crippen LogP contribution in [-0.4, -0.2) is 32.0 Å². The Morgan fingerprint density at radius 3 is 2.40 bits per heavy atom. The van der Waals surface area contributed by atoms with E-state index in [2.05, 4.69) is 22.5 Å². The van der Waals surface area contributed by atoms with Gasteiger partial charge >= 0.3 is 0 Å². The van der Waals surface area contributed by atoms with Crippen LogP contribution in [0.4, 0.5) is 5.69 Å². The van der Waals surface area contributed by atoms with Crippen LogP contribution in [0.3, 0.4) is 0 Å². The van der Waals surface area contributed by atoms with Crippen molar-refractivity contribution in [2.45, 2.75) is 20.4 Å². The summed E-state index contributed by atoms with van der Waals surface area (Å²) in [5.41, 5.74) is 3.61. The van der Waals surface area contributed by atoms with E-state index >= 15 is 0 Å². The van der Waals surface area contributed by atoms with E-state index in [0.29, 0.717) is 12.1 Å². The van der Waals surface area contributed by atoms with Crippen LogP contribution >= 0.6 is 0 Å². The molecule has 5 nitrogen and oxygen atoms in total. The molecule has 2 amide bonds. The van der Waals surface area contributed by atoms with Crippen LogP contribution in [0.25, 0.3) is 0 Å². The molecule has 0 spiro atoms. The van der Waals surface area contributed by atoms with Gasteiger partial charge in [-0.05, 0) is 37.1 Å². The summed E-state index contributed by atoms with van der Waals surface area (Å²) in [7, 11) is 2.02. The SMILES string of the molecule is CCN(C)c1ccccc1CNC(=O)CNC(=O)c1ccccc1C. The molecule has 0 aliphatic carbocycles. The maximum atomic E-state index is 12.1. The average Bonchev–Trinajstić information content (AvgIpc) is 2.64. The highest BCUT2D eigenvalue weighted by Gasteiger charge is 2.11. The quantitative estimate of drug-likeness (QED) is 0.815. The molecule has 0 aromatic heterocycles. The summed E-state index contributed by atoms with van der Waals surface area (Å²) in [6.07, 6.45) is 0. The van der Waals surface area contributed by atoms with Crippen LogP contribution in [0.5, 0.6) is 0 Å². The summed E-state index contributed by atoms with van der Waals surface area (Å²) < 4.78 is 0. The van der Waals surface area contributed by atoms with Crippen molar-refractivity contribution in [3.63, 3.8) is 0 Å². The monoisotopic (exact) mass is 339 g/mol. The van der Waals surface area contributed by atoms with Crippen molar-refractivity contribution in [3.05, 3.63) is 65.2 Å². The largest absolute Gasteiger partial charge is 0.375 e. The molecule has 0 unspecified atom stereocenters. The van der Waals surface area contributed by atoms with Gasteiger partial charge in [0.2, 0.25) is 5.91 Å². The standard InChI is InChI=1S/C20H25N3O2/c1-4-23(3)18-12-8-6-10-16(18)13-21-19(24)14-22-20(25)17-11-7-5-9-15(17)2/h5-12H,4,13-14H2,1-3H3,(H,21,24)(H,22,25). The lowest BCUT2D eigenvalue weighted by Crippen LogP contribution is -2.37. The van der Waals surface area contributed by atoms with Gasteiger partial charge in [0.1, 0.15) is 0 Å². The first-order valence-corrected chi connectivity index (χ1v) is 8.42. The highest BCUT2D eigenvalue weighted by molar-refractivity contribution is 5.97. The summed E-state index contributed by atoms with van der Waals surface area (Å²) in [5.74, 6) is -0.449. The molecule has 0 saturated heterocycles. The number of hydrogen-bond donors (Lipinski definition) is 2. The number of benzene rings is 2. The predicted molar refractivity (Wildman–Crippen MR) is 101 cm³/mol. The van der Waals surface area contributed by atoms with Crippen LogP contribution < -0.4 is 15.5 Å². The van der Waals surface area contributed by atoms with E-state index in [9.17, 15) is 9.59 Å². The first-order valence-electron chi connectivity index (χ1n) is 8.42. The highest BCUT2D eigenvalue weighted by Crippen LogP contribution is 2.18. The van der Waals surface area contributed by atoms with Crippen LogP contribution in [0.1, 0.15) is 28.4 Å². The fraction of sp³-hybridized carbons (Fsp3) is 0.300. The van der Waals surface area contributed by atoms with E-state index < -0.39 is 0 Å². The molecule has 0 bridgehead atoms. The van der Waals surface area contributed by atoms with Crippen molar-refractivity contribution >= 4 is 17.5 Å². The van der Waals surface area contributed by atoms with Crippen LogP contribution in [0.2, 0.25) is 0 Å². The molecule has 2 rings (SSSR count). The molecule has 2 N–H and O–H groups in total. The molecule has 0 saturated carbocycles. The molecule has 5 heteroatoms. The molecule has 0 aliphatic rings. The first kappa shape index (κ1) is 18.5. The Kier molecular flexibility index (Phi) is 6.57. The van der Waals surface area contributed by atoms with E-state index in [-0.39, 0.29) is 18.4 Å². The molecule has 132 valence electrons. The third-order valence-corrected chi connectivity index (χ3v) is 4.15. The average molecular weight is 339 g/mol. The van der Waals surface area contributed by atoms with Gasteiger partial charge in [0, 0.05) is 31.4 Å². The van der Waals surface area contributed by atoms with Crippen molar-refractivity contribution < 1.29 is 9.59 Å². The van der Waals surface area contributed by atoms with Gasteiger partial charge in [-0.15, -0.1) is 0 Å². The molecule has 0 atom stereocenters.